The highest BCUT2D eigenvalue weighted by Crippen LogP contribution is 2.39. The number of aromatic nitrogens is 2. The van der Waals surface area contributed by atoms with Crippen LogP contribution in [0.1, 0.15) is 33.4 Å². The third-order valence-corrected chi connectivity index (χ3v) is 5.07. The van der Waals surface area contributed by atoms with E-state index in [0.29, 0.717) is 18.7 Å². The molecule has 6 heteroatoms. The maximum atomic E-state index is 12.5. The molecule has 0 fully saturated rings. The molecule has 0 saturated carbocycles. The lowest BCUT2D eigenvalue weighted by Gasteiger charge is -2.06. The minimum atomic E-state index is -0.132. The first-order chi connectivity index (χ1) is 10.6. The summed E-state index contributed by atoms with van der Waals surface area (Å²) in [5.41, 5.74) is 2.27. The van der Waals surface area contributed by atoms with Gasteiger partial charge >= 0.3 is 5.69 Å². The molecule has 1 aliphatic carbocycles. The van der Waals surface area contributed by atoms with Gasteiger partial charge in [0.25, 0.3) is 0 Å². The highest BCUT2D eigenvalue weighted by Gasteiger charge is 2.36. The lowest BCUT2D eigenvalue weighted by molar-refractivity contribution is 0.0985. The first kappa shape index (κ1) is 15.0. The SMILES string of the molecule is COc1ccc(Cn2c3c(n(C)c2=O)C(SC)CC3=O)cc1. The molecule has 0 N–H and O–H groups in total. The van der Waals surface area contributed by atoms with E-state index in [2.05, 4.69) is 0 Å². The Hall–Kier alpha value is -1.95. The minimum absolute atomic E-state index is 0.0561. The van der Waals surface area contributed by atoms with Crippen molar-refractivity contribution in [2.75, 3.05) is 13.4 Å². The van der Waals surface area contributed by atoms with E-state index in [0.717, 1.165) is 17.0 Å². The van der Waals surface area contributed by atoms with E-state index in [1.807, 2.05) is 30.5 Å². The van der Waals surface area contributed by atoms with E-state index < -0.39 is 0 Å². The van der Waals surface area contributed by atoms with Gasteiger partial charge in [0.2, 0.25) is 0 Å². The van der Waals surface area contributed by atoms with Gasteiger partial charge in [0.15, 0.2) is 5.78 Å². The molecule has 1 unspecified atom stereocenters. The molecular formula is C16H18N2O3S. The molecule has 0 radical (unpaired) electrons. The monoisotopic (exact) mass is 318 g/mol. The summed E-state index contributed by atoms with van der Waals surface area (Å²) in [7, 11) is 3.36. The van der Waals surface area contributed by atoms with Crippen molar-refractivity contribution in [2.45, 2.75) is 18.2 Å². The normalized spacial score (nSPS) is 16.9. The Balaban J connectivity index is 2.03. The maximum absolute atomic E-state index is 12.5. The summed E-state index contributed by atoms with van der Waals surface area (Å²) in [5, 5.41) is 0.0808. The quantitative estimate of drug-likeness (QED) is 0.867. The lowest BCUT2D eigenvalue weighted by atomic mass is 10.2. The van der Waals surface area contributed by atoms with E-state index >= 15 is 0 Å². The van der Waals surface area contributed by atoms with Crippen molar-refractivity contribution in [3.63, 3.8) is 0 Å². The largest absolute Gasteiger partial charge is 0.497 e. The molecule has 0 amide bonds. The van der Waals surface area contributed by atoms with Gasteiger partial charge in [0.1, 0.15) is 11.4 Å². The molecule has 2 aromatic rings. The fourth-order valence-corrected chi connectivity index (χ4v) is 3.77. The van der Waals surface area contributed by atoms with Crippen molar-refractivity contribution in [2.24, 2.45) is 7.05 Å². The van der Waals surface area contributed by atoms with Gasteiger partial charge in [-0.25, -0.2) is 4.79 Å². The van der Waals surface area contributed by atoms with Crippen LogP contribution in [0.25, 0.3) is 0 Å². The number of carbonyl (C=O) groups excluding carboxylic acids is 1. The summed E-state index contributed by atoms with van der Waals surface area (Å²) < 4.78 is 8.35. The number of hydrogen-bond acceptors (Lipinski definition) is 4. The van der Waals surface area contributed by atoms with Crippen LogP contribution >= 0.6 is 11.8 Å². The molecule has 0 bridgehead atoms. The van der Waals surface area contributed by atoms with Crippen LogP contribution in [-0.2, 0) is 13.6 Å². The number of carbonyl (C=O) groups is 1. The number of rotatable bonds is 4. The third kappa shape index (κ3) is 2.27. The molecule has 0 spiro atoms. The summed E-state index contributed by atoms with van der Waals surface area (Å²) in [5.74, 6) is 0.827. The van der Waals surface area contributed by atoms with Crippen LogP contribution in [0.2, 0.25) is 0 Å². The van der Waals surface area contributed by atoms with E-state index in [4.69, 9.17) is 4.74 Å². The Bertz CT molecular complexity index is 774. The van der Waals surface area contributed by atoms with Crippen molar-refractivity contribution >= 4 is 17.5 Å². The van der Waals surface area contributed by atoms with E-state index in [-0.39, 0.29) is 16.7 Å². The zero-order chi connectivity index (χ0) is 15.9. The molecule has 1 aliphatic rings. The summed E-state index contributed by atoms with van der Waals surface area (Å²) in [6.45, 7) is 0.402. The fourth-order valence-electron chi connectivity index (χ4n) is 2.96. The van der Waals surface area contributed by atoms with Crippen molar-refractivity contribution < 1.29 is 9.53 Å². The van der Waals surface area contributed by atoms with Crippen molar-refractivity contribution in [3.8, 4) is 5.75 Å². The number of imidazole rings is 1. The number of Topliss-reactive ketones (excluding diaryl/α,β-unsaturated/α-hetero) is 1. The summed E-state index contributed by atoms with van der Waals surface area (Å²) in [6.07, 6.45) is 2.45. The van der Waals surface area contributed by atoms with Gasteiger partial charge in [0, 0.05) is 13.5 Å². The maximum Gasteiger partial charge on any atom is 0.329 e. The minimum Gasteiger partial charge on any atom is -0.497 e. The van der Waals surface area contributed by atoms with Gasteiger partial charge in [-0.15, -0.1) is 0 Å². The predicted molar refractivity (Wildman–Crippen MR) is 87.0 cm³/mol. The Morgan fingerprint density at radius 2 is 1.95 bits per heavy atom. The van der Waals surface area contributed by atoms with Crippen molar-refractivity contribution in [1.29, 1.82) is 0 Å². The highest BCUT2D eigenvalue weighted by molar-refractivity contribution is 7.98. The zero-order valence-corrected chi connectivity index (χ0v) is 13.6. The Labute approximate surface area is 132 Å². The number of benzene rings is 1. The molecule has 1 aromatic carbocycles. The lowest BCUT2D eigenvalue weighted by Crippen LogP contribution is -2.26. The Morgan fingerprint density at radius 1 is 1.27 bits per heavy atom. The Kier molecular flexibility index (Phi) is 3.87. The molecule has 22 heavy (non-hydrogen) atoms. The van der Waals surface area contributed by atoms with E-state index in [1.165, 1.54) is 0 Å². The average Bonchev–Trinajstić information content (AvgIpc) is 2.99. The molecule has 3 rings (SSSR count). The molecule has 0 saturated heterocycles. The first-order valence-electron chi connectivity index (χ1n) is 7.05. The third-order valence-electron chi connectivity index (χ3n) is 4.12. The molecule has 1 atom stereocenters. The zero-order valence-electron chi connectivity index (χ0n) is 12.8. The number of methoxy groups -OCH3 is 1. The van der Waals surface area contributed by atoms with E-state index in [1.54, 1.807) is 35.1 Å². The summed E-state index contributed by atoms with van der Waals surface area (Å²) in [4.78, 5) is 24.8. The first-order valence-corrected chi connectivity index (χ1v) is 8.34. The predicted octanol–water partition coefficient (Wildman–Crippen LogP) is 2.23. The van der Waals surface area contributed by atoms with Crippen LogP contribution in [0, 0.1) is 0 Å². The number of thioether (sulfide) groups is 1. The van der Waals surface area contributed by atoms with Crippen LogP contribution in [0.4, 0.5) is 0 Å². The summed E-state index contributed by atoms with van der Waals surface area (Å²) in [6, 6.07) is 7.54. The number of hydrogen-bond donors (Lipinski definition) is 0. The Morgan fingerprint density at radius 3 is 2.55 bits per heavy atom. The average molecular weight is 318 g/mol. The molecule has 1 heterocycles. The van der Waals surface area contributed by atoms with Crippen LogP contribution in [0.15, 0.2) is 29.1 Å². The van der Waals surface area contributed by atoms with Gasteiger partial charge in [0.05, 0.1) is 24.6 Å². The number of fused-ring (bicyclic) bond motifs is 1. The topological polar surface area (TPSA) is 53.2 Å². The van der Waals surface area contributed by atoms with Gasteiger partial charge in [-0.3, -0.25) is 13.9 Å². The molecule has 0 aliphatic heterocycles. The van der Waals surface area contributed by atoms with Gasteiger partial charge in [-0.05, 0) is 24.0 Å². The smallest absolute Gasteiger partial charge is 0.329 e. The number of nitrogens with zero attached hydrogens (tertiary/aromatic N) is 2. The molecule has 116 valence electrons. The van der Waals surface area contributed by atoms with Crippen LogP contribution in [0.5, 0.6) is 5.75 Å². The number of ketones is 1. The van der Waals surface area contributed by atoms with Gasteiger partial charge < -0.3 is 4.74 Å². The van der Waals surface area contributed by atoms with Crippen LogP contribution in [0.3, 0.4) is 0 Å². The molecule has 1 aromatic heterocycles. The van der Waals surface area contributed by atoms with Crippen LogP contribution in [-0.4, -0.2) is 28.3 Å². The number of ether oxygens (including phenoxy) is 1. The second-order valence-electron chi connectivity index (χ2n) is 5.36. The highest BCUT2D eigenvalue weighted by atomic mass is 32.2. The second kappa shape index (κ2) is 5.68. The standard InChI is InChI=1S/C16H18N2O3S/c1-17-15-13(22-3)8-12(19)14(15)18(16(17)20)9-10-4-6-11(21-2)7-5-10/h4-7,13H,8-9H2,1-3H3. The van der Waals surface area contributed by atoms with E-state index in [9.17, 15) is 9.59 Å². The molecular weight excluding hydrogens is 300 g/mol. The van der Waals surface area contributed by atoms with Crippen LogP contribution < -0.4 is 10.4 Å². The van der Waals surface area contributed by atoms with Crippen molar-refractivity contribution in [3.05, 3.63) is 51.7 Å². The van der Waals surface area contributed by atoms with Gasteiger partial charge in [-0.1, -0.05) is 12.1 Å². The fraction of sp³-hybridized carbons (Fsp3) is 0.375. The second-order valence-corrected chi connectivity index (χ2v) is 6.40. The van der Waals surface area contributed by atoms with Gasteiger partial charge in [-0.2, -0.15) is 11.8 Å². The molecule has 5 nitrogen and oxygen atoms in total. The summed E-state index contributed by atoms with van der Waals surface area (Å²) >= 11 is 1.62. The van der Waals surface area contributed by atoms with Crippen molar-refractivity contribution in [1.82, 2.24) is 9.13 Å².